The molecule has 0 aliphatic heterocycles. The number of nitrogens with one attached hydrogen (secondary N) is 1. The lowest BCUT2D eigenvalue weighted by molar-refractivity contribution is 0.476. The van der Waals surface area contributed by atoms with Crippen LogP contribution in [0.5, 0.6) is 0 Å². The van der Waals surface area contributed by atoms with Gasteiger partial charge in [-0.3, -0.25) is 24.4 Å². The molecular weight excluding hydrogens is 292 g/mol. The summed E-state index contributed by atoms with van der Waals surface area (Å²) in [5, 5.41) is 3.62. The van der Waals surface area contributed by atoms with E-state index < -0.39 is 0 Å². The molecule has 0 spiro atoms. The Morgan fingerprint density at radius 1 is 1.30 bits per heavy atom. The van der Waals surface area contributed by atoms with Crippen molar-refractivity contribution in [3.05, 3.63) is 62.6 Å². The Hall–Kier alpha value is -2.63. The highest BCUT2D eigenvalue weighted by atomic mass is 16.1. The van der Waals surface area contributed by atoms with Crippen LogP contribution in [0.4, 0.5) is 0 Å². The van der Waals surface area contributed by atoms with Crippen LogP contribution in [0.25, 0.3) is 10.9 Å². The van der Waals surface area contributed by atoms with Crippen LogP contribution < -0.4 is 11.1 Å². The normalized spacial score (nSPS) is 11.5. The third-order valence-electron chi connectivity index (χ3n) is 3.90. The maximum absolute atomic E-state index is 12.6. The van der Waals surface area contributed by atoms with Crippen molar-refractivity contribution in [1.82, 2.24) is 19.3 Å². The van der Waals surface area contributed by atoms with Gasteiger partial charge in [-0.1, -0.05) is 19.9 Å². The molecule has 3 rings (SSSR count). The number of aromatic nitrogens is 4. The summed E-state index contributed by atoms with van der Waals surface area (Å²) in [5.74, 6) is 0.343. The molecule has 0 aliphatic carbocycles. The van der Waals surface area contributed by atoms with E-state index in [1.54, 1.807) is 21.6 Å². The molecule has 0 atom stereocenters. The summed E-state index contributed by atoms with van der Waals surface area (Å²) in [4.78, 5) is 29.1. The van der Waals surface area contributed by atoms with Gasteiger partial charge in [-0.2, -0.15) is 0 Å². The van der Waals surface area contributed by atoms with Gasteiger partial charge in [-0.25, -0.2) is 0 Å². The quantitative estimate of drug-likeness (QED) is 0.799. The lowest BCUT2D eigenvalue weighted by Gasteiger charge is -2.09. The molecular formula is C17H20N4O2. The maximum Gasteiger partial charge on any atom is 0.276 e. The fourth-order valence-electron chi connectivity index (χ4n) is 2.82. The van der Waals surface area contributed by atoms with E-state index in [0.29, 0.717) is 35.6 Å². The van der Waals surface area contributed by atoms with Crippen molar-refractivity contribution in [3.8, 4) is 0 Å². The number of hydrogen-bond donors (Lipinski definition) is 1. The van der Waals surface area contributed by atoms with Crippen LogP contribution >= 0.6 is 0 Å². The molecule has 0 aliphatic rings. The van der Waals surface area contributed by atoms with Gasteiger partial charge < -0.3 is 4.57 Å². The predicted molar refractivity (Wildman–Crippen MR) is 89.7 cm³/mol. The van der Waals surface area contributed by atoms with Gasteiger partial charge in [0.05, 0.1) is 17.4 Å². The molecule has 0 amide bonds. The molecule has 3 heterocycles. The Morgan fingerprint density at radius 3 is 2.74 bits per heavy atom. The summed E-state index contributed by atoms with van der Waals surface area (Å²) < 4.78 is 3.20. The minimum Gasteiger partial charge on any atom is -0.308 e. The van der Waals surface area contributed by atoms with Crippen molar-refractivity contribution in [2.24, 2.45) is 5.92 Å². The van der Waals surface area contributed by atoms with Crippen LogP contribution in [-0.2, 0) is 13.1 Å². The Balaban J connectivity index is 2.15. The number of H-pyrrole nitrogens is 1. The van der Waals surface area contributed by atoms with Crippen LogP contribution in [0.1, 0.15) is 25.1 Å². The van der Waals surface area contributed by atoms with Crippen molar-refractivity contribution in [3.63, 3.8) is 0 Å². The van der Waals surface area contributed by atoms with Crippen molar-refractivity contribution >= 4 is 10.9 Å². The molecule has 6 nitrogen and oxygen atoms in total. The highest BCUT2D eigenvalue weighted by Crippen LogP contribution is 2.12. The van der Waals surface area contributed by atoms with Crippen LogP contribution in [0.2, 0.25) is 0 Å². The molecule has 0 saturated heterocycles. The third kappa shape index (κ3) is 2.84. The van der Waals surface area contributed by atoms with Gasteiger partial charge in [-0.15, -0.1) is 0 Å². The summed E-state index contributed by atoms with van der Waals surface area (Å²) in [5.41, 5.74) is 2.00. The molecule has 3 aromatic heterocycles. The maximum atomic E-state index is 12.6. The summed E-state index contributed by atoms with van der Waals surface area (Å²) >= 11 is 0. The van der Waals surface area contributed by atoms with Crippen molar-refractivity contribution in [2.45, 2.75) is 33.9 Å². The molecule has 6 heteroatoms. The molecule has 0 fully saturated rings. The number of nitrogens with zero attached hydrogens (tertiary/aromatic N) is 3. The smallest absolute Gasteiger partial charge is 0.276 e. The highest BCUT2D eigenvalue weighted by Gasteiger charge is 2.14. The summed E-state index contributed by atoms with van der Waals surface area (Å²) in [6.07, 6.45) is 3.42. The molecule has 3 aromatic rings. The summed E-state index contributed by atoms with van der Waals surface area (Å²) in [6.45, 7) is 6.92. The number of fused-ring (bicyclic) bond motifs is 1. The highest BCUT2D eigenvalue weighted by molar-refractivity contribution is 5.80. The van der Waals surface area contributed by atoms with E-state index >= 15 is 0 Å². The van der Waals surface area contributed by atoms with E-state index in [-0.39, 0.29) is 11.1 Å². The average Bonchev–Trinajstić information content (AvgIpc) is 2.80. The fourth-order valence-corrected chi connectivity index (χ4v) is 2.82. The minimum absolute atomic E-state index is 0.0777. The van der Waals surface area contributed by atoms with Crippen LogP contribution in [-0.4, -0.2) is 19.3 Å². The van der Waals surface area contributed by atoms with E-state index in [2.05, 4.69) is 10.1 Å². The molecule has 0 bridgehead atoms. The summed E-state index contributed by atoms with van der Waals surface area (Å²) in [6, 6.07) is 5.24. The summed E-state index contributed by atoms with van der Waals surface area (Å²) in [7, 11) is 0. The van der Waals surface area contributed by atoms with Crippen molar-refractivity contribution < 1.29 is 0 Å². The monoisotopic (exact) mass is 312 g/mol. The van der Waals surface area contributed by atoms with Gasteiger partial charge in [0.25, 0.3) is 11.1 Å². The first-order valence-electron chi connectivity index (χ1n) is 7.69. The van der Waals surface area contributed by atoms with E-state index in [9.17, 15) is 9.59 Å². The topological polar surface area (TPSA) is 72.7 Å². The van der Waals surface area contributed by atoms with Crippen LogP contribution in [0.15, 0.2) is 40.2 Å². The lowest BCUT2D eigenvalue weighted by atomic mass is 10.2. The largest absolute Gasteiger partial charge is 0.308 e. The van der Waals surface area contributed by atoms with E-state index in [0.717, 1.165) is 5.56 Å². The molecule has 1 N–H and O–H groups in total. The Bertz CT molecular complexity index is 948. The second kappa shape index (κ2) is 5.87. The standard InChI is InChI=1S/C17H20N4O2/c1-11(2)9-21-17(23)16-12(3)20(15(22)7-14(16)19-21)10-13-5-4-6-18-8-13/h4-8,11,19H,9-10H2,1-3H3. The zero-order chi connectivity index (χ0) is 16.6. The Labute approximate surface area is 133 Å². The van der Waals surface area contributed by atoms with Gasteiger partial charge in [-0.05, 0) is 24.5 Å². The number of pyridine rings is 2. The second-order valence-corrected chi connectivity index (χ2v) is 6.23. The Kier molecular flexibility index (Phi) is 3.90. The van der Waals surface area contributed by atoms with E-state index in [4.69, 9.17) is 0 Å². The molecule has 0 aromatic carbocycles. The van der Waals surface area contributed by atoms with Crippen molar-refractivity contribution in [1.29, 1.82) is 0 Å². The first-order chi connectivity index (χ1) is 11.0. The lowest BCUT2D eigenvalue weighted by Crippen LogP contribution is -2.24. The average molecular weight is 312 g/mol. The number of aryl methyl sites for hydroxylation is 1. The van der Waals surface area contributed by atoms with Crippen molar-refractivity contribution in [2.75, 3.05) is 0 Å². The van der Waals surface area contributed by atoms with E-state index in [1.165, 1.54) is 6.07 Å². The van der Waals surface area contributed by atoms with Gasteiger partial charge in [0, 0.05) is 30.7 Å². The molecule has 23 heavy (non-hydrogen) atoms. The Morgan fingerprint density at radius 2 is 2.09 bits per heavy atom. The number of hydrogen-bond acceptors (Lipinski definition) is 3. The zero-order valence-electron chi connectivity index (χ0n) is 13.5. The number of rotatable bonds is 4. The minimum atomic E-state index is -0.128. The van der Waals surface area contributed by atoms with Crippen LogP contribution in [0.3, 0.4) is 0 Å². The fraction of sp³-hybridized carbons (Fsp3) is 0.353. The third-order valence-corrected chi connectivity index (χ3v) is 3.90. The first kappa shape index (κ1) is 15.3. The van der Waals surface area contributed by atoms with Gasteiger partial charge in [0.1, 0.15) is 0 Å². The molecule has 120 valence electrons. The molecule has 0 saturated carbocycles. The molecule has 0 unspecified atom stereocenters. The first-order valence-corrected chi connectivity index (χ1v) is 7.69. The van der Waals surface area contributed by atoms with Gasteiger partial charge >= 0.3 is 0 Å². The van der Waals surface area contributed by atoms with Crippen LogP contribution in [0, 0.1) is 12.8 Å². The van der Waals surface area contributed by atoms with E-state index in [1.807, 2.05) is 32.9 Å². The zero-order valence-corrected chi connectivity index (χ0v) is 13.5. The SMILES string of the molecule is Cc1c2c(=O)n(CC(C)C)[nH]c2cc(=O)n1Cc1cccnc1. The van der Waals surface area contributed by atoms with Gasteiger partial charge in [0.2, 0.25) is 0 Å². The van der Waals surface area contributed by atoms with Gasteiger partial charge in [0.15, 0.2) is 0 Å². The predicted octanol–water partition coefficient (Wildman–Crippen LogP) is 1.90. The molecule has 0 radical (unpaired) electrons. The second-order valence-electron chi connectivity index (χ2n) is 6.23. The number of aromatic amines is 1.